The van der Waals surface area contributed by atoms with Crippen LogP contribution in [0.3, 0.4) is 0 Å². The largest absolute Gasteiger partial charge is 0.433 e. The monoisotopic (exact) mass is 382 g/mol. The highest BCUT2D eigenvalue weighted by atomic mass is 19.4. The summed E-state index contributed by atoms with van der Waals surface area (Å²) in [5.41, 5.74) is -0.436. The maximum Gasteiger partial charge on any atom is 0.433 e. The molecule has 1 N–H and O–H groups in total. The summed E-state index contributed by atoms with van der Waals surface area (Å²) < 4.78 is 40.5. The summed E-state index contributed by atoms with van der Waals surface area (Å²) in [6.07, 6.45) is -1.68. The summed E-state index contributed by atoms with van der Waals surface area (Å²) in [6.45, 7) is 4.96. The standard InChI is InChI=1S/C17H21F3N6O/c1-3-26-13(4-7-21-26)16(27)24-12-5-8-25(9-6-12)15-10-14(17(18,19)20)22-11(2)23-15/h4,7,10,12H,3,5-6,8-9H2,1-2H3,(H,24,27). The average molecular weight is 382 g/mol. The molecule has 0 saturated carbocycles. The minimum Gasteiger partial charge on any atom is -0.356 e. The highest BCUT2D eigenvalue weighted by molar-refractivity contribution is 5.92. The van der Waals surface area contributed by atoms with Crippen LogP contribution < -0.4 is 10.2 Å². The zero-order chi connectivity index (χ0) is 19.6. The fourth-order valence-electron chi connectivity index (χ4n) is 3.15. The number of aryl methyl sites for hydroxylation is 2. The molecule has 0 unspecified atom stereocenters. The minimum atomic E-state index is -4.50. The normalized spacial score (nSPS) is 15.8. The van der Waals surface area contributed by atoms with Crippen molar-refractivity contribution in [1.82, 2.24) is 25.1 Å². The molecule has 10 heteroatoms. The van der Waals surface area contributed by atoms with Crippen molar-refractivity contribution >= 4 is 11.7 Å². The van der Waals surface area contributed by atoms with E-state index in [0.29, 0.717) is 38.2 Å². The topological polar surface area (TPSA) is 75.9 Å². The molecule has 0 radical (unpaired) electrons. The molecule has 2 aromatic heterocycles. The molecular weight excluding hydrogens is 361 g/mol. The number of nitrogens with zero attached hydrogens (tertiary/aromatic N) is 5. The van der Waals surface area contributed by atoms with Gasteiger partial charge in [0.25, 0.3) is 5.91 Å². The molecule has 1 aliphatic heterocycles. The van der Waals surface area contributed by atoms with E-state index in [1.807, 2.05) is 6.92 Å². The van der Waals surface area contributed by atoms with Crippen molar-refractivity contribution in [2.45, 2.75) is 45.5 Å². The van der Waals surface area contributed by atoms with E-state index >= 15 is 0 Å². The lowest BCUT2D eigenvalue weighted by atomic mass is 10.0. The first-order valence-electron chi connectivity index (χ1n) is 8.78. The van der Waals surface area contributed by atoms with Gasteiger partial charge in [0.15, 0.2) is 0 Å². The van der Waals surface area contributed by atoms with Crippen LogP contribution in [0.4, 0.5) is 19.0 Å². The summed E-state index contributed by atoms with van der Waals surface area (Å²) >= 11 is 0. The van der Waals surface area contributed by atoms with E-state index in [9.17, 15) is 18.0 Å². The van der Waals surface area contributed by atoms with E-state index in [1.54, 1.807) is 21.8 Å². The molecule has 1 aliphatic rings. The Bertz CT molecular complexity index is 811. The molecule has 1 fully saturated rings. The predicted molar refractivity (Wildman–Crippen MR) is 92.4 cm³/mol. The van der Waals surface area contributed by atoms with E-state index in [4.69, 9.17) is 0 Å². The van der Waals surface area contributed by atoms with Crippen LogP contribution in [0.15, 0.2) is 18.3 Å². The van der Waals surface area contributed by atoms with Crippen LogP contribution in [0.5, 0.6) is 0 Å². The number of anilines is 1. The van der Waals surface area contributed by atoms with Crippen LogP contribution >= 0.6 is 0 Å². The number of piperidine rings is 1. The number of alkyl halides is 3. The summed E-state index contributed by atoms with van der Waals surface area (Å²) in [4.78, 5) is 21.8. The Labute approximate surface area is 154 Å². The Morgan fingerprint density at radius 1 is 1.30 bits per heavy atom. The highest BCUT2D eigenvalue weighted by Gasteiger charge is 2.34. The lowest BCUT2D eigenvalue weighted by molar-refractivity contribution is -0.141. The zero-order valence-corrected chi connectivity index (χ0v) is 15.1. The van der Waals surface area contributed by atoms with Gasteiger partial charge in [0, 0.05) is 37.9 Å². The maximum absolute atomic E-state index is 13.0. The molecule has 27 heavy (non-hydrogen) atoms. The highest BCUT2D eigenvalue weighted by Crippen LogP contribution is 2.30. The Kier molecular flexibility index (Phi) is 5.33. The second kappa shape index (κ2) is 7.53. The van der Waals surface area contributed by atoms with Crippen LogP contribution in [0.25, 0.3) is 0 Å². The van der Waals surface area contributed by atoms with Gasteiger partial charge in [-0.2, -0.15) is 18.3 Å². The second-order valence-electron chi connectivity index (χ2n) is 6.42. The summed E-state index contributed by atoms with van der Waals surface area (Å²) in [5.74, 6) is 0.164. The Balaban J connectivity index is 1.62. The van der Waals surface area contributed by atoms with Gasteiger partial charge < -0.3 is 10.2 Å². The van der Waals surface area contributed by atoms with Gasteiger partial charge in [0.05, 0.1) is 0 Å². The zero-order valence-electron chi connectivity index (χ0n) is 15.1. The number of rotatable bonds is 4. The van der Waals surface area contributed by atoms with Crippen molar-refractivity contribution in [2.24, 2.45) is 0 Å². The van der Waals surface area contributed by atoms with Crippen LogP contribution in [-0.2, 0) is 12.7 Å². The first-order chi connectivity index (χ1) is 12.8. The molecule has 0 atom stereocenters. The lowest BCUT2D eigenvalue weighted by Gasteiger charge is -2.33. The van der Waals surface area contributed by atoms with E-state index in [-0.39, 0.29) is 23.6 Å². The Morgan fingerprint density at radius 2 is 2.00 bits per heavy atom. The van der Waals surface area contributed by atoms with E-state index < -0.39 is 11.9 Å². The van der Waals surface area contributed by atoms with Gasteiger partial charge in [-0.1, -0.05) is 0 Å². The number of aromatic nitrogens is 4. The fourth-order valence-corrected chi connectivity index (χ4v) is 3.15. The second-order valence-corrected chi connectivity index (χ2v) is 6.42. The molecule has 7 nitrogen and oxygen atoms in total. The smallest absolute Gasteiger partial charge is 0.356 e. The van der Waals surface area contributed by atoms with Crippen molar-refractivity contribution in [3.63, 3.8) is 0 Å². The number of halogens is 3. The molecule has 3 rings (SSSR count). The Morgan fingerprint density at radius 3 is 2.63 bits per heavy atom. The molecule has 146 valence electrons. The van der Waals surface area contributed by atoms with Gasteiger partial charge in [-0.25, -0.2) is 9.97 Å². The molecule has 1 amide bonds. The molecule has 3 heterocycles. The molecule has 0 aromatic carbocycles. The van der Waals surface area contributed by atoms with E-state index in [1.165, 1.54) is 6.92 Å². The van der Waals surface area contributed by atoms with Gasteiger partial charge in [-0.05, 0) is 32.8 Å². The average Bonchev–Trinajstić information content (AvgIpc) is 3.10. The van der Waals surface area contributed by atoms with Crippen LogP contribution in [0.1, 0.15) is 41.8 Å². The van der Waals surface area contributed by atoms with E-state index in [0.717, 1.165) is 6.07 Å². The quantitative estimate of drug-likeness (QED) is 0.879. The first kappa shape index (κ1) is 19.1. The maximum atomic E-state index is 13.0. The number of hydrogen-bond donors (Lipinski definition) is 1. The minimum absolute atomic E-state index is 0.0426. The summed E-state index contributed by atoms with van der Waals surface area (Å²) in [7, 11) is 0. The van der Waals surface area contributed by atoms with Gasteiger partial charge in [-0.15, -0.1) is 0 Å². The molecular formula is C17H21F3N6O. The van der Waals surface area contributed by atoms with Gasteiger partial charge in [0.1, 0.15) is 23.0 Å². The predicted octanol–water partition coefficient (Wildman–Crippen LogP) is 2.42. The van der Waals surface area contributed by atoms with Crippen molar-refractivity contribution in [2.75, 3.05) is 18.0 Å². The third-order valence-corrected chi connectivity index (χ3v) is 4.52. The van der Waals surface area contributed by atoms with Crippen LogP contribution in [0, 0.1) is 6.92 Å². The summed E-state index contributed by atoms with van der Waals surface area (Å²) in [5, 5.41) is 7.05. The molecule has 0 bridgehead atoms. The van der Waals surface area contributed by atoms with Crippen molar-refractivity contribution in [3.8, 4) is 0 Å². The SMILES string of the molecule is CCn1nccc1C(=O)NC1CCN(c2cc(C(F)(F)F)nc(C)n2)CC1. The van der Waals surface area contributed by atoms with Crippen LogP contribution in [0.2, 0.25) is 0 Å². The first-order valence-corrected chi connectivity index (χ1v) is 8.78. The third-order valence-electron chi connectivity index (χ3n) is 4.52. The fraction of sp³-hybridized carbons (Fsp3) is 0.529. The summed E-state index contributed by atoms with van der Waals surface area (Å²) in [6, 6.07) is 2.60. The van der Waals surface area contributed by atoms with E-state index in [2.05, 4.69) is 20.4 Å². The van der Waals surface area contributed by atoms with Crippen molar-refractivity contribution in [1.29, 1.82) is 0 Å². The van der Waals surface area contributed by atoms with Crippen LogP contribution in [-0.4, -0.2) is 44.8 Å². The van der Waals surface area contributed by atoms with Crippen molar-refractivity contribution < 1.29 is 18.0 Å². The van der Waals surface area contributed by atoms with Gasteiger partial charge in [0.2, 0.25) is 0 Å². The van der Waals surface area contributed by atoms with Crippen molar-refractivity contribution in [3.05, 3.63) is 35.5 Å². The lowest BCUT2D eigenvalue weighted by Crippen LogP contribution is -2.45. The third kappa shape index (κ3) is 4.37. The molecule has 0 spiro atoms. The molecule has 2 aromatic rings. The van der Waals surface area contributed by atoms with Gasteiger partial charge >= 0.3 is 6.18 Å². The van der Waals surface area contributed by atoms with Gasteiger partial charge in [-0.3, -0.25) is 9.48 Å². The number of nitrogens with one attached hydrogen (secondary N) is 1. The molecule has 1 saturated heterocycles. The number of carbonyl (C=O) groups is 1. The number of amides is 1. The number of hydrogen-bond acceptors (Lipinski definition) is 5. The number of carbonyl (C=O) groups excluding carboxylic acids is 1. The molecule has 0 aliphatic carbocycles. The Hall–Kier alpha value is -2.65.